The molecule has 0 fully saturated rings. The summed E-state index contributed by atoms with van der Waals surface area (Å²) in [6, 6.07) is 7.88. The van der Waals surface area contributed by atoms with Crippen molar-refractivity contribution in [2.24, 2.45) is 0 Å². The SMILES string of the molecule is COc1cc(C)cc(OC)c1-c1c(OC)cc(C)cc1OC. The summed E-state index contributed by atoms with van der Waals surface area (Å²) in [6.45, 7) is 4.00. The fraction of sp³-hybridized carbons (Fsp3) is 0.333. The lowest BCUT2D eigenvalue weighted by molar-refractivity contribution is 0.385. The van der Waals surface area contributed by atoms with Crippen LogP contribution in [0.5, 0.6) is 23.0 Å². The van der Waals surface area contributed by atoms with Crippen molar-refractivity contribution in [3.05, 3.63) is 35.4 Å². The van der Waals surface area contributed by atoms with Crippen molar-refractivity contribution >= 4 is 0 Å². The van der Waals surface area contributed by atoms with Crippen molar-refractivity contribution < 1.29 is 18.9 Å². The second kappa shape index (κ2) is 6.60. The van der Waals surface area contributed by atoms with E-state index < -0.39 is 0 Å². The number of hydrogen-bond donors (Lipinski definition) is 0. The lowest BCUT2D eigenvalue weighted by atomic mass is 9.98. The van der Waals surface area contributed by atoms with Gasteiger partial charge in [0.1, 0.15) is 23.0 Å². The van der Waals surface area contributed by atoms with E-state index in [0.29, 0.717) is 0 Å². The molecule has 0 aliphatic heterocycles. The Labute approximate surface area is 131 Å². The number of benzene rings is 2. The van der Waals surface area contributed by atoms with E-state index in [1.165, 1.54) is 0 Å². The first-order valence-electron chi connectivity index (χ1n) is 7.01. The molecule has 0 spiro atoms. The predicted octanol–water partition coefficient (Wildman–Crippen LogP) is 4.00. The van der Waals surface area contributed by atoms with Gasteiger partial charge in [-0.05, 0) is 49.2 Å². The van der Waals surface area contributed by atoms with Gasteiger partial charge in [0.25, 0.3) is 0 Å². The molecule has 0 bridgehead atoms. The maximum Gasteiger partial charge on any atom is 0.130 e. The molecular weight excluding hydrogens is 280 g/mol. The van der Waals surface area contributed by atoms with Crippen LogP contribution in [0.15, 0.2) is 24.3 Å². The Morgan fingerprint density at radius 3 is 0.909 bits per heavy atom. The molecule has 0 saturated carbocycles. The van der Waals surface area contributed by atoms with E-state index in [2.05, 4.69) is 0 Å². The van der Waals surface area contributed by atoms with Crippen LogP contribution >= 0.6 is 0 Å². The molecule has 0 radical (unpaired) electrons. The van der Waals surface area contributed by atoms with Crippen molar-refractivity contribution in [3.8, 4) is 34.1 Å². The number of ether oxygens (including phenoxy) is 4. The van der Waals surface area contributed by atoms with Crippen LogP contribution in [-0.2, 0) is 0 Å². The molecule has 2 aromatic rings. The Balaban J connectivity index is 2.86. The van der Waals surface area contributed by atoms with Crippen LogP contribution < -0.4 is 18.9 Å². The van der Waals surface area contributed by atoms with E-state index in [1.807, 2.05) is 38.1 Å². The Kier molecular flexibility index (Phi) is 4.81. The van der Waals surface area contributed by atoms with Gasteiger partial charge in [0, 0.05) is 0 Å². The molecule has 0 heterocycles. The average molecular weight is 302 g/mol. The maximum absolute atomic E-state index is 5.56. The molecule has 2 aromatic carbocycles. The normalized spacial score (nSPS) is 10.3. The highest BCUT2D eigenvalue weighted by Gasteiger charge is 2.22. The van der Waals surface area contributed by atoms with Crippen molar-refractivity contribution in [2.45, 2.75) is 13.8 Å². The van der Waals surface area contributed by atoms with Gasteiger partial charge in [-0.25, -0.2) is 0 Å². The first-order valence-corrected chi connectivity index (χ1v) is 7.01. The monoisotopic (exact) mass is 302 g/mol. The minimum Gasteiger partial charge on any atom is -0.496 e. The summed E-state index contributed by atoms with van der Waals surface area (Å²) in [5.41, 5.74) is 3.76. The fourth-order valence-electron chi connectivity index (χ4n) is 2.58. The number of aryl methyl sites for hydroxylation is 2. The topological polar surface area (TPSA) is 36.9 Å². The Bertz CT molecular complexity index is 567. The number of hydrogen-bond acceptors (Lipinski definition) is 4. The third-order valence-corrected chi connectivity index (χ3v) is 3.55. The zero-order valence-corrected chi connectivity index (χ0v) is 13.9. The quantitative estimate of drug-likeness (QED) is 0.836. The van der Waals surface area contributed by atoms with Gasteiger partial charge in [-0.2, -0.15) is 0 Å². The van der Waals surface area contributed by atoms with E-state index in [4.69, 9.17) is 18.9 Å². The van der Waals surface area contributed by atoms with E-state index in [1.54, 1.807) is 28.4 Å². The van der Waals surface area contributed by atoms with E-state index in [0.717, 1.165) is 45.3 Å². The Morgan fingerprint density at radius 1 is 0.500 bits per heavy atom. The predicted molar refractivity (Wildman–Crippen MR) is 87.6 cm³/mol. The molecular formula is C18H22O4. The van der Waals surface area contributed by atoms with E-state index >= 15 is 0 Å². The van der Waals surface area contributed by atoms with Gasteiger partial charge in [-0.3, -0.25) is 0 Å². The third-order valence-electron chi connectivity index (χ3n) is 3.55. The van der Waals surface area contributed by atoms with Gasteiger partial charge in [0.2, 0.25) is 0 Å². The van der Waals surface area contributed by atoms with Gasteiger partial charge in [0.15, 0.2) is 0 Å². The van der Waals surface area contributed by atoms with Crippen molar-refractivity contribution in [3.63, 3.8) is 0 Å². The summed E-state index contributed by atoms with van der Waals surface area (Å²) in [6.07, 6.45) is 0. The van der Waals surface area contributed by atoms with Gasteiger partial charge in [-0.15, -0.1) is 0 Å². The van der Waals surface area contributed by atoms with Crippen molar-refractivity contribution in [1.29, 1.82) is 0 Å². The molecule has 0 saturated heterocycles. The van der Waals surface area contributed by atoms with E-state index in [9.17, 15) is 0 Å². The van der Waals surface area contributed by atoms with Crippen LogP contribution in [0.3, 0.4) is 0 Å². The summed E-state index contributed by atoms with van der Waals surface area (Å²) in [4.78, 5) is 0. The maximum atomic E-state index is 5.56. The summed E-state index contributed by atoms with van der Waals surface area (Å²) >= 11 is 0. The molecule has 22 heavy (non-hydrogen) atoms. The molecule has 118 valence electrons. The van der Waals surface area contributed by atoms with Crippen LogP contribution in [-0.4, -0.2) is 28.4 Å². The second-order valence-corrected chi connectivity index (χ2v) is 5.09. The van der Waals surface area contributed by atoms with Crippen LogP contribution in [0, 0.1) is 13.8 Å². The van der Waals surface area contributed by atoms with Crippen LogP contribution in [0.25, 0.3) is 11.1 Å². The summed E-state index contributed by atoms with van der Waals surface area (Å²) in [7, 11) is 6.57. The molecule has 0 N–H and O–H groups in total. The van der Waals surface area contributed by atoms with Gasteiger partial charge in [-0.1, -0.05) is 0 Å². The summed E-state index contributed by atoms with van der Waals surface area (Å²) in [5.74, 6) is 2.88. The highest BCUT2D eigenvalue weighted by molar-refractivity contribution is 5.86. The first kappa shape index (κ1) is 16.0. The highest BCUT2D eigenvalue weighted by Crippen LogP contribution is 2.48. The molecule has 0 atom stereocenters. The molecule has 2 rings (SSSR count). The summed E-state index contributed by atoms with van der Waals surface area (Å²) in [5, 5.41) is 0. The first-order chi connectivity index (χ1) is 10.5. The van der Waals surface area contributed by atoms with Crippen molar-refractivity contribution in [1.82, 2.24) is 0 Å². The Hall–Kier alpha value is -2.36. The number of rotatable bonds is 5. The van der Waals surface area contributed by atoms with Gasteiger partial charge < -0.3 is 18.9 Å². The minimum absolute atomic E-state index is 0.720. The standard InChI is InChI=1S/C18H22O4/c1-11-7-13(19-3)17(14(8-11)20-4)18-15(21-5)9-12(2)10-16(18)22-6/h7-10H,1-6H3. The van der Waals surface area contributed by atoms with Crippen molar-refractivity contribution in [2.75, 3.05) is 28.4 Å². The molecule has 0 aromatic heterocycles. The third kappa shape index (κ3) is 2.82. The molecule has 0 unspecified atom stereocenters. The molecule has 0 amide bonds. The lowest BCUT2D eigenvalue weighted by Crippen LogP contribution is -1.99. The molecule has 0 aliphatic rings. The fourth-order valence-corrected chi connectivity index (χ4v) is 2.58. The lowest BCUT2D eigenvalue weighted by Gasteiger charge is -2.19. The molecule has 4 heteroatoms. The van der Waals surface area contributed by atoms with Gasteiger partial charge >= 0.3 is 0 Å². The van der Waals surface area contributed by atoms with Gasteiger partial charge in [0.05, 0.1) is 39.6 Å². The number of methoxy groups -OCH3 is 4. The van der Waals surface area contributed by atoms with Crippen LogP contribution in [0.1, 0.15) is 11.1 Å². The average Bonchev–Trinajstić information content (AvgIpc) is 2.53. The highest BCUT2D eigenvalue weighted by atomic mass is 16.5. The second-order valence-electron chi connectivity index (χ2n) is 5.09. The van der Waals surface area contributed by atoms with Crippen LogP contribution in [0.2, 0.25) is 0 Å². The minimum atomic E-state index is 0.720. The smallest absolute Gasteiger partial charge is 0.130 e. The summed E-state index contributed by atoms with van der Waals surface area (Å²) < 4.78 is 22.2. The van der Waals surface area contributed by atoms with E-state index in [-0.39, 0.29) is 0 Å². The largest absolute Gasteiger partial charge is 0.496 e. The zero-order chi connectivity index (χ0) is 16.3. The molecule has 0 aliphatic carbocycles. The van der Waals surface area contributed by atoms with Crippen LogP contribution in [0.4, 0.5) is 0 Å². The Morgan fingerprint density at radius 2 is 0.727 bits per heavy atom. The zero-order valence-electron chi connectivity index (χ0n) is 13.9. The molecule has 4 nitrogen and oxygen atoms in total.